The minimum absolute atomic E-state index is 0.515. The number of nitriles is 1. The number of fused-ring (bicyclic) bond motifs is 1. The second-order valence-corrected chi connectivity index (χ2v) is 8.98. The number of anilines is 2. The first-order valence-corrected chi connectivity index (χ1v) is 11.1. The van der Waals surface area contributed by atoms with Gasteiger partial charge in [0.1, 0.15) is 11.1 Å². The van der Waals surface area contributed by atoms with E-state index in [1.807, 2.05) is 6.07 Å². The number of benzene rings is 1. The Morgan fingerprint density at radius 3 is 2.76 bits per heavy atom. The Hall–Kier alpha value is -2.69. The first-order valence-electron chi connectivity index (χ1n) is 10.2. The Morgan fingerprint density at radius 1 is 1.17 bits per heavy atom. The quantitative estimate of drug-likeness (QED) is 0.676. The standard InChI is InChI=1S/C22H24N6S/c23-12-19-20(11-17(14-25-19)24-13-16-5-6-16)28-9-7-27(8-10-28)15-22-26-18-3-1-2-4-21(18)29-22/h1-4,11,14,16,24H,5-10,13,15H2. The molecule has 1 aliphatic heterocycles. The van der Waals surface area contributed by atoms with Crippen molar-refractivity contribution in [3.8, 4) is 6.07 Å². The number of para-hydroxylation sites is 1. The Balaban J connectivity index is 1.23. The third-order valence-corrected chi connectivity index (χ3v) is 6.70. The monoisotopic (exact) mass is 404 g/mol. The molecule has 2 fully saturated rings. The third-order valence-electron chi connectivity index (χ3n) is 5.68. The molecular formula is C22H24N6S. The molecule has 2 aliphatic rings. The second kappa shape index (κ2) is 7.97. The van der Waals surface area contributed by atoms with Gasteiger partial charge in [0.25, 0.3) is 0 Å². The van der Waals surface area contributed by atoms with Crippen molar-refractivity contribution in [1.82, 2.24) is 14.9 Å². The highest BCUT2D eigenvalue weighted by atomic mass is 32.1. The Kier molecular flexibility index (Phi) is 5.04. The minimum atomic E-state index is 0.515. The lowest BCUT2D eigenvalue weighted by Crippen LogP contribution is -2.46. The van der Waals surface area contributed by atoms with Crippen LogP contribution in [0, 0.1) is 17.2 Å². The maximum absolute atomic E-state index is 9.51. The highest BCUT2D eigenvalue weighted by Gasteiger charge is 2.23. The summed E-state index contributed by atoms with van der Waals surface area (Å²) in [6, 6.07) is 12.7. The van der Waals surface area contributed by atoms with E-state index in [-0.39, 0.29) is 0 Å². The minimum Gasteiger partial charge on any atom is -0.383 e. The van der Waals surface area contributed by atoms with Gasteiger partial charge in [-0.05, 0) is 37.0 Å². The summed E-state index contributed by atoms with van der Waals surface area (Å²) >= 11 is 1.78. The average Bonchev–Trinajstić information content (AvgIpc) is 3.50. The number of piperazine rings is 1. The first-order chi connectivity index (χ1) is 14.3. The zero-order valence-electron chi connectivity index (χ0n) is 16.3. The van der Waals surface area contributed by atoms with E-state index in [0.717, 1.165) is 62.1 Å². The van der Waals surface area contributed by atoms with E-state index in [2.05, 4.69) is 50.4 Å². The van der Waals surface area contributed by atoms with Gasteiger partial charge in [-0.3, -0.25) is 4.90 Å². The maximum Gasteiger partial charge on any atom is 0.163 e. The molecule has 7 heteroatoms. The van der Waals surface area contributed by atoms with Gasteiger partial charge in [-0.2, -0.15) is 5.26 Å². The fourth-order valence-electron chi connectivity index (χ4n) is 3.79. The van der Waals surface area contributed by atoms with Crippen LogP contribution in [0.5, 0.6) is 0 Å². The fraction of sp³-hybridized carbons (Fsp3) is 0.409. The molecule has 1 aliphatic carbocycles. The van der Waals surface area contributed by atoms with E-state index in [1.54, 1.807) is 17.5 Å². The van der Waals surface area contributed by atoms with Crippen LogP contribution in [0.25, 0.3) is 10.2 Å². The third kappa shape index (κ3) is 4.19. The average molecular weight is 405 g/mol. The number of rotatable bonds is 6. The molecule has 1 N–H and O–H groups in total. The van der Waals surface area contributed by atoms with Crippen LogP contribution in [-0.4, -0.2) is 47.6 Å². The number of hydrogen-bond acceptors (Lipinski definition) is 7. The summed E-state index contributed by atoms with van der Waals surface area (Å²) in [5.74, 6) is 0.806. The molecule has 1 aromatic carbocycles. The Morgan fingerprint density at radius 2 is 2.00 bits per heavy atom. The lowest BCUT2D eigenvalue weighted by atomic mass is 10.2. The summed E-state index contributed by atoms with van der Waals surface area (Å²) in [5.41, 5.74) is 3.57. The van der Waals surface area contributed by atoms with Crippen LogP contribution in [0.2, 0.25) is 0 Å². The molecule has 3 aromatic rings. The van der Waals surface area contributed by atoms with Crippen LogP contribution in [0.4, 0.5) is 11.4 Å². The van der Waals surface area contributed by atoms with E-state index < -0.39 is 0 Å². The summed E-state index contributed by atoms with van der Waals surface area (Å²) in [6.45, 7) is 5.60. The molecule has 1 saturated heterocycles. The summed E-state index contributed by atoms with van der Waals surface area (Å²) < 4.78 is 1.25. The van der Waals surface area contributed by atoms with E-state index in [0.29, 0.717) is 5.69 Å². The molecule has 0 atom stereocenters. The number of thiazole rings is 1. The van der Waals surface area contributed by atoms with Gasteiger partial charge in [-0.15, -0.1) is 11.3 Å². The van der Waals surface area contributed by atoms with Crippen molar-refractivity contribution in [3.63, 3.8) is 0 Å². The van der Waals surface area contributed by atoms with Gasteiger partial charge in [0.2, 0.25) is 0 Å². The number of nitrogens with zero attached hydrogens (tertiary/aromatic N) is 5. The molecule has 0 unspecified atom stereocenters. The molecule has 2 aromatic heterocycles. The zero-order chi connectivity index (χ0) is 19.6. The number of pyridine rings is 1. The highest BCUT2D eigenvalue weighted by Crippen LogP contribution is 2.30. The van der Waals surface area contributed by atoms with Crippen LogP contribution in [-0.2, 0) is 6.54 Å². The number of hydrogen-bond donors (Lipinski definition) is 1. The van der Waals surface area contributed by atoms with Crippen molar-refractivity contribution >= 4 is 32.9 Å². The van der Waals surface area contributed by atoms with Gasteiger partial charge in [0.15, 0.2) is 5.69 Å². The lowest BCUT2D eigenvalue weighted by Gasteiger charge is -2.36. The SMILES string of the molecule is N#Cc1ncc(NCC2CC2)cc1N1CCN(Cc2nc3ccccc3s2)CC1. The normalized spacial score (nSPS) is 17.4. The molecule has 0 radical (unpaired) electrons. The summed E-state index contributed by atoms with van der Waals surface area (Å²) in [5, 5.41) is 14.2. The molecular weight excluding hydrogens is 380 g/mol. The first kappa shape index (κ1) is 18.3. The van der Waals surface area contributed by atoms with Gasteiger partial charge in [0.05, 0.1) is 34.3 Å². The Bertz CT molecular complexity index is 1010. The number of nitrogens with one attached hydrogen (secondary N) is 1. The summed E-state index contributed by atoms with van der Waals surface area (Å²) in [4.78, 5) is 13.9. The Labute approximate surface area is 174 Å². The van der Waals surface area contributed by atoms with Crippen LogP contribution in [0.1, 0.15) is 23.5 Å². The maximum atomic E-state index is 9.51. The van der Waals surface area contributed by atoms with E-state index in [1.165, 1.54) is 22.5 Å². The van der Waals surface area contributed by atoms with Crippen LogP contribution >= 0.6 is 11.3 Å². The second-order valence-electron chi connectivity index (χ2n) is 7.87. The van der Waals surface area contributed by atoms with Crippen molar-refractivity contribution in [2.75, 3.05) is 42.9 Å². The van der Waals surface area contributed by atoms with Crippen molar-refractivity contribution in [1.29, 1.82) is 5.26 Å². The fourth-order valence-corrected chi connectivity index (χ4v) is 4.80. The van der Waals surface area contributed by atoms with Crippen LogP contribution in [0.3, 0.4) is 0 Å². The predicted octanol–water partition coefficient (Wildman–Crippen LogP) is 3.71. The lowest BCUT2D eigenvalue weighted by molar-refractivity contribution is 0.249. The molecule has 0 spiro atoms. The molecule has 0 amide bonds. The smallest absolute Gasteiger partial charge is 0.163 e. The molecule has 5 rings (SSSR count). The predicted molar refractivity (Wildman–Crippen MR) is 117 cm³/mol. The van der Waals surface area contributed by atoms with Gasteiger partial charge >= 0.3 is 0 Å². The van der Waals surface area contributed by atoms with E-state index in [9.17, 15) is 5.26 Å². The summed E-state index contributed by atoms with van der Waals surface area (Å²) in [7, 11) is 0. The van der Waals surface area contributed by atoms with E-state index >= 15 is 0 Å². The topological polar surface area (TPSA) is 68.1 Å². The molecule has 148 valence electrons. The van der Waals surface area contributed by atoms with Gasteiger partial charge in [-0.25, -0.2) is 9.97 Å². The highest BCUT2D eigenvalue weighted by molar-refractivity contribution is 7.18. The zero-order valence-corrected chi connectivity index (χ0v) is 17.2. The van der Waals surface area contributed by atoms with Gasteiger partial charge in [-0.1, -0.05) is 12.1 Å². The summed E-state index contributed by atoms with van der Waals surface area (Å²) in [6.07, 6.45) is 4.42. The number of aromatic nitrogens is 2. The molecule has 3 heterocycles. The van der Waals surface area contributed by atoms with Gasteiger partial charge < -0.3 is 10.2 Å². The van der Waals surface area contributed by atoms with E-state index in [4.69, 9.17) is 4.98 Å². The van der Waals surface area contributed by atoms with Crippen LogP contribution < -0.4 is 10.2 Å². The van der Waals surface area contributed by atoms with Crippen molar-refractivity contribution in [2.45, 2.75) is 19.4 Å². The molecule has 1 saturated carbocycles. The van der Waals surface area contributed by atoms with Crippen LogP contribution in [0.15, 0.2) is 36.5 Å². The largest absolute Gasteiger partial charge is 0.383 e. The molecule has 0 bridgehead atoms. The van der Waals surface area contributed by atoms with Crippen molar-refractivity contribution in [2.24, 2.45) is 5.92 Å². The van der Waals surface area contributed by atoms with Crippen molar-refractivity contribution < 1.29 is 0 Å². The molecule has 29 heavy (non-hydrogen) atoms. The molecule has 6 nitrogen and oxygen atoms in total. The van der Waals surface area contributed by atoms with Gasteiger partial charge in [0, 0.05) is 32.7 Å². The van der Waals surface area contributed by atoms with Crippen molar-refractivity contribution in [3.05, 3.63) is 47.2 Å².